The third-order valence-corrected chi connectivity index (χ3v) is 3.69. The number of fused-ring (bicyclic) bond motifs is 1. The molecule has 21 heavy (non-hydrogen) atoms. The highest BCUT2D eigenvalue weighted by molar-refractivity contribution is 5.75. The van der Waals surface area contributed by atoms with Gasteiger partial charge >= 0.3 is 12.0 Å². The molecule has 6 heteroatoms. The highest BCUT2D eigenvalue weighted by atomic mass is 16.4. The zero-order valence-corrected chi connectivity index (χ0v) is 11.8. The molecule has 0 radical (unpaired) electrons. The molecule has 1 aliphatic rings. The monoisotopic (exact) mass is 292 g/mol. The molecule has 1 aromatic carbocycles. The summed E-state index contributed by atoms with van der Waals surface area (Å²) in [5.41, 5.74) is 2.54. The summed E-state index contributed by atoms with van der Waals surface area (Å²) in [7, 11) is 0. The number of carbonyl (C=O) groups is 2. The fraction of sp³-hybridized carbons (Fsp3) is 0.467. The van der Waals surface area contributed by atoms with Crippen LogP contribution in [0.2, 0.25) is 0 Å². The maximum atomic E-state index is 12.0. The SMILES string of the molecule is O=C(O)[C@@H](O)CCNC(=O)N1CCc2ccccc2CC1. The van der Waals surface area contributed by atoms with Crippen molar-refractivity contribution in [2.24, 2.45) is 0 Å². The molecule has 0 saturated carbocycles. The molecule has 0 spiro atoms. The highest BCUT2D eigenvalue weighted by Crippen LogP contribution is 2.15. The number of carbonyl (C=O) groups excluding carboxylic acids is 1. The second-order valence-corrected chi connectivity index (χ2v) is 5.13. The Labute approximate surface area is 123 Å². The average molecular weight is 292 g/mol. The number of amides is 2. The lowest BCUT2D eigenvalue weighted by molar-refractivity contribution is -0.146. The van der Waals surface area contributed by atoms with Crippen molar-refractivity contribution in [3.63, 3.8) is 0 Å². The summed E-state index contributed by atoms with van der Waals surface area (Å²) in [4.78, 5) is 24.2. The first kappa shape index (κ1) is 15.3. The topological polar surface area (TPSA) is 89.9 Å². The minimum absolute atomic E-state index is 0.00907. The first-order valence-corrected chi connectivity index (χ1v) is 7.08. The van der Waals surface area contributed by atoms with Crippen LogP contribution in [0.5, 0.6) is 0 Å². The van der Waals surface area contributed by atoms with E-state index >= 15 is 0 Å². The van der Waals surface area contributed by atoms with Gasteiger partial charge in [0.15, 0.2) is 6.10 Å². The van der Waals surface area contributed by atoms with Crippen LogP contribution in [0.25, 0.3) is 0 Å². The molecule has 0 aromatic heterocycles. The second-order valence-electron chi connectivity index (χ2n) is 5.13. The van der Waals surface area contributed by atoms with Crippen LogP contribution in [0.3, 0.4) is 0 Å². The van der Waals surface area contributed by atoms with Crippen LogP contribution in [-0.2, 0) is 17.6 Å². The molecule has 0 saturated heterocycles. The van der Waals surface area contributed by atoms with E-state index < -0.39 is 12.1 Å². The number of carboxylic acids is 1. The number of nitrogens with zero attached hydrogens (tertiary/aromatic N) is 1. The van der Waals surface area contributed by atoms with Crippen molar-refractivity contribution in [3.05, 3.63) is 35.4 Å². The summed E-state index contributed by atoms with van der Waals surface area (Å²) >= 11 is 0. The lowest BCUT2D eigenvalue weighted by atomic mass is 10.0. The van der Waals surface area contributed by atoms with Crippen LogP contribution in [0, 0.1) is 0 Å². The van der Waals surface area contributed by atoms with Crippen molar-refractivity contribution in [2.45, 2.75) is 25.4 Å². The van der Waals surface area contributed by atoms with Gasteiger partial charge in [-0.15, -0.1) is 0 Å². The maximum absolute atomic E-state index is 12.0. The number of urea groups is 1. The third-order valence-electron chi connectivity index (χ3n) is 3.69. The Morgan fingerprint density at radius 2 is 1.76 bits per heavy atom. The molecule has 1 heterocycles. The molecule has 1 aromatic rings. The van der Waals surface area contributed by atoms with E-state index in [-0.39, 0.29) is 19.0 Å². The molecule has 1 aliphatic heterocycles. The van der Waals surface area contributed by atoms with Gasteiger partial charge < -0.3 is 20.4 Å². The quantitative estimate of drug-likeness (QED) is 0.759. The number of aliphatic hydroxyl groups is 1. The zero-order valence-electron chi connectivity index (χ0n) is 11.8. The Morgan fingerprint density at radius 1 is 1.19 bits per heavy atom. The normalized spacial score (nSPS) is 15.8. The van der Waals surface area contributed by atoms with Gasteiger partial charge in [-0.3, -0.25) is 0 Å². The summed E-state index contributed by atoms with van der Waals surface area (Å²) in [6, 6.07) is 7.96. The molecule has 0 aliphatic carbocycles. The van der Waals surface area contributed by atoms with Crippen LogP contribution in [-0.4, -0.2) is 52.9 Å². The van der Waals surface area contributed by atoms with Crippen molar-refractivity contribution in [3.8, 4) is 0 Å². The fourth-order valence-electron chi connectivity index (χ4n) is 2.42. The van der Waals surface area contributed by atoms with E-state index in [0.717, 1.165) is 12.8 Å². The van der Waals surface area contributed by atoms with Gasteiger partial charge in [-0.1, -0.05) is 24.3 Å². The van der Waals surface area contributed by atoms with Crippen molar-refractivity contribution < 1.29 is 19.8 Å². The van der Waals surface area contributed by atoms with Gasteiger partial charge in [0.25, 0.3) is 0 Å². The fourth-order valence-corrected chi connectivity index (χ4v) is 2.42. The van der Waals surface area contributed by atoms with E-state index in [4.69, 9.17) is 10.2 Å². The molecule has 0 fully saturated rings. The third kappa shape index (κ3) is 4.19. The summed E-state index contributed by atoms with van der Waals surface area (Å²) in [5, 5.41) is 20.4. The Kier molecular flexibility index (Phi) is 5.16. The van der Waals surface area contributed by atoms with Crippen LogP contribution >= 0.6 is 0 Å². The molecule has 2 rings (SSSR count). The average Bonchev–Trinajstić information content (AvgIpc) is 2.69. The number of carboxylic acid groups (broad SMARTS) is 1. The van der Waals surface area contributed by atoms with E-state index in [0.29, 0.717) is 13.1 Å². The van der Waals surface area contributed by atoms with Gasteiger partial charge in [0, 0.05) is 26.1 Å². The largest absolute Gasteiger partial charge is 0.479 e. The minimum atomic E-state index is -1.43. The Balaban J connectivity index is 1.81. The minimum Gasteiger partial charge on any atom is -0.479 e. The molecule has 0 bridgehead atoms. The van der Waals surface area contributed by atoms with Crippen LogP contribution in [0.1, 0.15) is 17.5 Å². The molecule has 6 nitrogen and oxygen atoms in total. The molecule has 3 N–H and O–H groups in total. The molecule has 0 unspecified atom stereocenters. The van der Waals surface area contributed by atoms with E-state index in [1.54, 1.807) is 4.90 Å². The molecule has 2 amide bonds. The maximum Gasteiger partial charge on any atom is 0.332 e. The van der Waals surface area contributed by atoms with E-state index in [2.05, 4.69) is 17.4 Å². The number of aliphatic carboxylic acids is 1. The van der Waals surface area contributed by atoms with Gasteiger partial charge in [0.2, 0.25) is 0 Å². The lowest BCUT2D eigenvalue weighted by Crippen LogP contribution is -2.42. The molecule has 1 atom stereocenters. The predicted octanol–water partition coefficient (Wildman–Crippen LogP) is 0.632. The van der Waals surface area contributed by atoms with Crippen LogP contribution < -0.4 is 5.32 Å². The van der Waals surface area contributed by atoms with Gasteiger partial charge in [-0.05, 0) is 24.0 Å². The lowest BCUT2D eigenvalue weighted by Gasteiger charge is -2.21. The van der Waals surface area contributed by atoms with Gasteiger partial charge in [0.05, 0.1) is 0 Å². The van der Waals surface area contributed by atoms with E-state index in [1.807, 2.05) is 12.1 Å². The smallest absolute Gasteiger partial charge is 0.332 e. The van der Waals surface area contributed by atoms with E-state index in [9.17, 15) is 9.59 Å². The van der Waals surface area contributed by atoms with Gasteiger partial charge in [-0.25, -0.2) is 9.59 Å². The summed E-state index contributed by atoms with van der Waals surface area (Å²) in [6.45, 7) is 1.43. The Bertz CT molecular complexity index is 491. The molecule has 114 valence electrons. The number of aliphatic hydroxyl groups excluding tert-OH is 1. The van der Waals surface area contributed by atoms with Crippen LogP contribution in [0.4, 0.5) is 4.79 Å². The van der Waals surface area contributed by atoms with Gasteiger partial charge in [-0.2, -0.15) is 0 Å². The second kappa shape index (κ2) is 7.08. The zero-order chi connectivity index (χ0) is 15.2. The van der Waals surface area contributed by atoms with Gasteiger partial charge in [0.1, 0.15) is 0 Å². The number of hydrogen-bond acceptors (Lipinski definition) is 3. The summed E-state index contributed by atoms with van der Waals surface area (Å²) in [6.07, 6.45) is 0.219. The Morgan fingerprint density at radius 3 is 2.29 bits per heavy atom. The number of benzene rings is 1. The summed E-state index contributed by atoms with van der Waals surface area (Å²) in [5.74, 6) is -1.27. The van der Waals surface area contributed by atoms with Crippen molar-refractivity contribution >= 4 is 12.0 Å². The molecular weight excluding hydrogens is 272 g/mol. The van der Waals surface area contributed by atoms with Crippen molar-refractivity contribution in [1.29, 1.82) is 0 Å². The predicted molar refractivity (Wildman–Crippen MR) is 77.1 cm³/mol. The number of rotatable bonds is 4. The Hall–Kier alpha value is -2.08. The number of nitrogens with one attached hydrogen (secondary N) is 1. The first-order valence-electron chi connectivity index (χ1n) is 7.08. The van der Waals surface area contributed by atoms with Crippen molar-refractivity contribution in [2.75, 3.05) is 19.6 Å². The van der Waals surface area contributed by atoms with E-state index in [1.165, 1.54) is 11.1 Å². The number of hydrogen-bond donors (Lipinski definition) is 3. The van der Waals surface area contributed by atoms with Crippen LogP contribution in [0.15, 0.2) is 24.3 Å². The standard InChI is InChI=1S/C15H20N2O4/c18-13(14(19)20)5-8-16-15(21)17-9-6-11-3-1-2-4-12(11)7-10-17/h1-4,13,18H,5-10H2,(H,16,21)(H,19,20)/t13-/m0/s1. The van der Waals surface area contributed by atoms with Crippen molar-refractivity contribution in [1.82, 2.24) is 10.2 Å². The summed E-state index contributed by atoms with van der Waals surface area (Å²) < 4.78 is 0. The first-order chi connectivity index (χ1) is 10.1. The molecular formula is C15H20N2O4. The highest BCUT2D eigenvalue weighted by Gasteiger charge is 2.19.